The van der Waals surface area contributed by atoms with E-state index in [4.69, 9.17) is 19.9 Å². The first-order valence-electron chi connectivity index (χ1n) is 15.4. The average Bonchev–Trinajstić information content (AvgIpc) is 3.36. The maximum absolute atomic E-state index is 13.3. The van der Waals surface area contributed by atoms with E-state index in [1.165, 1.54) is 0 Å². The first kappa shape index (κ1) is 36.5. The number of aliphatic hydroxyl groups is 1. The van der Waals surface area contributed by atoms with Crippen molar-refractivity contribution in [1.82, 2.24) is 10.6 Å². The molecule has 0 heterocycles. The maximum Gasteiger partial charge on any atom is 0.407 e. The highest BCUT2D eigenvalue weighted by molar-refractivity contribution is 5.88. The van der Waals surface area contributed by atoms with Gasteiger partial charge in [-0.1, -0.05) is 92.7 Å². The molecule has 1 aliphatic rings. The number of halogens is 1. The molecule has 2 amide bonds. The molecule has 0 fully saturated rings. The van der Waals surface area contributed by atoms with Gasteiger partial charge in [-0.25, -0.2) is 9.59 Å². The van der Waals surface area contributed by atoms with Gasteiger partial charge in [0.1, 0.15) is 19.3 Å². The van der Waals surface area contributed by atoms with Gasteiger partial charge in [0.05, 0.1) is 19.3 Å². The Labute approximate surface area is 276 Å². The molecule has 11 heteroatoms. The normalized spacial score (nSPS) is 13.8. The molecule has 0 bridgehead atoms. The smallest absolute Gasteiger partial charge is 0.407 e. The molecule has 0 spiro atoms. The Kier molecular flexibility index (Phi) is 14.5. The maximum atomic E-state index is 13.3. The molecule has 0 saturated carbocycles. The van der Waals surface area contributed by atoms with Crippen molar-refractivity contribution in [1.29, 1.82) is 0 Å². The Morgan fingerprint density at radius 1 is 0.826 bits per heavy atom. The van der Waals surface area contributed by atoms with Gasteiger partial charge < -0.3 is 35.7 Å². The van der Waals surface area contributed by atoms with Gasteiger partial charge in [-0.05, 0) is 46.6 Å². The molecule has 0 unspecified atom stereocenters. The molecule has 0 aromatic heterocycles. The van der Waals surface area contributed by atoms with Crippen molar-refractivity contribution >= 4 is 30.4 Å². The van der Waals surface area contributed by atoms with Crippen LogP contribution in [0.2, 0.25) is 0 Å². The minimum atomic E-state index is -1.68. The van der Waals surface area contributed by atoms with E-state index in [1.54, 1.807) is 0 Å². The molecule has 10 nitrogen and oxygen atoms in total. The van der Waals surface area contributed by atoms with E-state index in [0.29, 0.717) is 19.6 Å². The van der Waals surface area contributed by atoms with Crippen molar-refractivity contribution in [2.45, 2.75) is 50.8 Å². The van der Waals surface area contributed by atoms with Crippen LogP contribution in [0.3, 0.4) is 0 Å². The fourth-order valence-electron chi connectivity index (χ4n) is 5.51. The lowest BCUT2D eigenvalue weighted by molar-refractivity contribution is -0.151. The first-order valence-corrected chi connectivity index (χ1v) is 15.4. The zero-order chi connectivity index (χ0) is 32.2. The number of benzene rings is 3. The Bertz CT molecular complexity index is 1380. The third-order valence-electron chi connectivity index (χ3n) is 7.64. The van der Waals surface area contributed by atoms with Crippen molar-refractivity contribution in [2.75, 3.05) is 33.0 Å². The highest BCUT2D eigenvalue weighted by atomic mass is 35.5. The van der Waals surface area contributed by atoms with Crippen LogP contribution in [0.25, 0.3) is 11.1 Å². The summed E-state index contributed by atoms with van der Waals surface area (Å²) >= 11 is 0. The standard InChI is InChI=1S/C35H43N3O7.ClH/c1-23(2)20-31(34(41)44-19-18-43-17-16-36)37-33(40)32(39)30(21-24-10-4-3-5-11-24)38-35(42)45-22-29-27-14-8-6-12-25(27)26-13-7-9-15-28(26)29;/h3-15,23,29-32,39H,16-22,36H2,1-2H3,(H,37,40)(H,38,42);1H/t30-,31+,32+;/m1./s1. The monoisotopic (exact) mass is 653 g/mol. The number of hydrogen-bond acceptors (Lipinski definition) is 8. The molecular formula is C35H44ClN3O7. The SMILES string of the molecule is CC(C)C[C@H](NC(=O)[C@@H](O)[C@@H](Cc1ccccc1)NC(=O)OCC1c2ccccc2-c2ccccc21)C(=O)OCCOCCN.Cl. The average molecular weight is 654 g/mol. The van der Waals surface area contributed by atoms with E-state index in [9.17, 15) is 19.5 Å². The summed E-state index contributed by atoms with van der Waals surface area (Å²) in [5.74, 6) is -1.54. The van der Waals surface area contributed by atoms with Crippen LogP contribution in [0.5, 0.6) is 0 Å². The number of esters is 1. The summed E-state index contributed by atoms with van der Waals surface area (Å²) in [7, 11) is 0. The summed E-state index contributed by atoms with van der Waals surface area (Å²) in [6.45, 7) is 4.77. The van der Waals surface area contributed by atoms with Gasteiger partial charge in [0.2, 0.25) is 0 Å². The van der Waals surface area contributed by atoms with Gasteiger partial charge in [-0.3, -0.25) is 4.79 Å². The van der Waals surface area contributed by atoms with Gasteiger partial charge in [0, 0.05) is 12.5 Å². The Morgan fingerprint density at radius 3 is 2.04 bits per heavy atom. The molecular weight excluding hydrogens is 610 g/mol. The van der Waals surface area contributed by atoms with Crippen LogP contribution in [0, 0.1) is 5.92 Å². The highest BCUT2D eigenvalue weighted by Crippen LogP contribution is 2.44. The quantitative estimate of drug-likeness (QED) is 0.134. The largest absolute Gasteiger partial charge is 0.462 e. The summed E-state index contributed by atoms with van der Waals surface area (Å²) in [6.07, 6.45) is -2.00. The van der Waals surface area contributed by atoms with Gasteiger partial charge in [-0.15, -0.1) is 12.4 Å². The number of aliphatic hydroxyl groups excluding tert-OH is 1. The number of fused-ring (bicyclic) bond motifs is 3. The van der Waals surface area contributed by atoms with Gasteiger partial charge in [-0.2, -0.15) is 0 Å². The zero-order valence-corrected chi connectivity index (χ0v) is 27.0. The van der Waals surface area contributed by atoms with E-state index in [0.717, 1.165) is 27.8 Å². The Balaban J connectivity index is 0.00000576. The van der Waals surface area contributed by atoms with Gasteiger partial charge in [0.25, 0.3) is 5.91 Å². The van der Waals surface area contributed by atoms with Crippen LogP contribution in [-0.2, 0) is 30.2 Å². The van der Waals surface area contributed by atoms with E-state index in [-0.39, 0.29) is 50.5 Å². The number of amides is 2. The van der Waals surface area contributed by atoms with Crippen molar-refractivity contribution in [2.24, 2.45) is 11.7 Å². The van der Waals surface area contributed by atoms with Crippen LogP contribution in [0.15, 0.2) is 78.9 Å². The molecule has 248 valence electrons. The van der Waals surface area contributed by atoms with Crippen LogP contribution in [0.1, 0.15) is 42.9 Å². The predicted octanol–water partition coefficient (Wildman–Crippen LogP) is 3.97. The van der Waals surface area contributed by atoms with Gasteiger partial charge >= 0.3 is 12.1 Å². The van der Waals surface area contributed by atoms with Crippen molar-refractivity contribution in [3.8, 4) is 11.1 Å². The third-order valence-corrected chi connectivity index (χ3v) is 7.64. The molecule has 0 radical (unpaired) electrons. The minimum absolute atomic E-state index is 0. The Hall–Kier alpha value is -3.96. The van der Waals surface area contributed by atoms with E-state index in [2.05, 4.69) is 22.8 Å². The number of nitrogens with one attached hydrogen (secondary N) is 2. The summed E-state index contributed by atoms with van der Waals surface area (Å²) < 4.78 is 16.2. The molecule has 1 aliphatic carbocycles. The molecule has 3 aromatic rings. The molecule has 4 rings (SSSR count). The molecule has 5 N–H and O–H groups in total. The van der Waals surface area contributed by atoms with Crippen LogP contribution < -0.4 is 16.4 Å². The highest BCUT2D eigenvalue weighted by Gasteiger charge is 2.33. The lowest BCUT2D eigenvalue weighted by atomic mass is 9.98. The number of hydrogen-bond donors (Lipinski definition) is 4. The third kappa shape index (κ3) is 10.0. The predicted molar refractivity (Wildman–Crippen MR) is 178 cm³/mol. The zero-order valence-electron chi connectivity index (χ0n) is 26.2. The van der Waals surface area contributed by atoms with E-state index in [1.807, 2.05) is 80.6 Å². The van der Waals surface area contributed by atoms with Crippen LogP contribution >= 0.6 is 12.4 Å². The molecule has 46 heavy (non-hydrogen) atoms. The van der Waals surface area contributed by atoms with Crippen molar-refractivity contribution in [3.63, 3.8) is 0 Å². The van der Waals surface area contributed by atoms with E-state index < -0.39 is 36.2 Å². The number of alkyl carbamates (subject to hydrolysis) is 1. The van der Waals surface area contributed by atoms with Crippen LogP contribution in [0.4, 0.5) is 4.79 Å². The van der Waals surface area contributed by atoms with Gasteiger partial charge in [0.15, 0.2) is 6.10 Å². The number of nitrogens with two attached hydrogens (primary N) is 1. The van der Waals surface area contributed by atoms with Crippen molar-refractivity contribution < 1.29 is 33.7 Å². The second-order valence-corrected chi connectivity index (χ2v) is 11.5. The van der Waals surface area contributed by atoms with Crippen molar-refractivity contribution in [3.05, 3.63) is 95.6 Å². The lowest BCUT2D eigenvalue weighted by Gasteiger charge is -2.26. The minimum Gasteiger partial charge on any atom is -0.462 e. The number of carbonyl (C=O) groups excluding carboxylic acids is 3. The lowest BCUT2D eigenvalue weighted by Crippen LogP contribution is -2.55. The van der Waals surface area contributed by atoms with E-state index >= 15 is 0 Å². The summed E-state index contributed by atoms with van der Waals surface area (Å²) in [6, 6.07) is 23.2. The first-order chi connectivity index (χ1) is 21.8. The summed E-state index contributed by atoms with van der Waals surface area (Å²) in [4.78, 5) is 39.3. The molecule has 3 atom stereocenters. The number of ether oxygens (including phenoxy) is 3. The second-order valence-electron chi connectivity index (χ2n) is 11.5. The van der Waals surface area contributed by atoms with Crippen LogP contribution in [-0.4, -0.2) is 74.2 Å². The fraction of sp³-hybridized carbons (Fsp3) is 0.400. The molecule has 0 aliphatic heterocycles. The molecule has 3 aromatic carbocycles. The summed E-state index contributed by atoms with van der Waals surface area (Å²) in [5, 5.41) is 16.5. The second kappa shape index (κ2) is 18.3. The number of rotatable bonds is 16. The summed E-state index contributed by atoms with van der Waals surface area (Å²) in [5.41, 5.74) is 10.5. The number of carbonyl (C=O) groups is 3. The topological polar surface area (TPSA) is 149 Å². The fourth-order valence-corrected chi connectivity index (χ4v) is 5.51. The molecule has 0 saturated heterocycles. The Morgan fingerprint density at radius 2 is 1.43 bits per heavy atom.